The number of ketones is 2. The van der Waals surface area contributed by atoms with Gasteiger partial charge in [-0.1, -0.05) is 6.07 Å². The summed E-state index contributed by atoms with van der Waals surface area (Å²) in [7, 11) is 3.31. The maximum atomic E-state index is 11.6. The first kappa shape index (κ1) is 11.8. The Hall–Kier alpha value is -1.29. The van der Waals surface area contributed by atoms with Crippen molar-refractivity contribution in [2.75, 3.05) is 0 Å². The molecule has 4 heteroatoms. The first-order chi connectivity index (χ1) is 6.90. The largest absolute Gasteiger partial charge is 0.299 e. The van der Waals surface area contributed by atoms with Gasteiger partial charge in [0, 0.05) is 11.5 Å². The third-order valence-corrected chi connectivity index (χ3v) is 3.15. The van der Waals surface area contributed by atoms with Gasteiger partial charge in [-0.2, -0.15) is 0 Å². The number of aromatic nitrogens is 1. The van der Waals surface area contributed by atoms with Gasteiger partial charge < -0.3 is 0 Å². The molecule has 0 fully saturated rings. The molecule has 1 aromatic rings. The number of carbonyl (C=O) groups is 2. The molecular formula is C11H12NO2Si. The molecule has 0 aliphatic carbocycles. The summed E-state index contributed by atoms with van der Waals surface area (Å²) >= 11 is 0. The number of Topliss-reactive ketones (excluding diaryl/α,β-unsaturated/α-hetero) is 2. The maximum Gasteiger partial charge on any atom is 0.147 e. The molecule has 0 bridgehead atoms. The van der Waals surface area contributed by atoms with Gasteiger partial charge in [-0.05, 0) is 32.4 Å². The molecular weight excluding hydrogens is 206 g/mol. The fourth-order valence-electron chi connectivity index (χ4n) is 1.44. The number of pyridine rings is 1. The summed E-state index contributed by atoms with van der Waals surface area (Å²) in [5, 5.41) is 0.533. The fourth-order valence-corrected chi connectivity index (χ4v) is 1.84. The monoisotopic (exact) mass is 218 g/mol. The zero-order valence-electron chi connectivity index (χ0n) is 9.00. The molecule has 0 amide bonds. The van der Waals surface area contributed by atoms with Crippen LogP contribution in [0.2, 0.25) is 0 Å². The Balaban J connectivity index is 3.41. The molecule has 1 aromatic heterocycles. The second-order valence-corrected chi connectivity index (χ2v) is 4.11. The van der Waals surface area contributed by atoms with E-state index in [0.717, 1.165) is 0 Å². The third-order valence-electron chi connectivity index (χ3n) is 2.75. The molecule has 0 aliphatic rings. The van der Waals surface area contributed by atoms with E-state index in [1.54, 1.807) is 25.3 Å². The lowest BCUT2D eigenvalue weighted by Crippen LogP contribution is -2.42. The molecule has 0 atom stereocenters. The molecule has 3 nitrogen and oxygen atoms in total. The molecule has 1 rings (SSSR count). The number of carbonyl (C=O) groups excluding carboxylic acids is 2. The van der Waals surface area contributed by atoms with Crippen LogP contribution in [-0.4, -0.2) is 26.8 Å². The lowest BCUT2D eigenvalue weighted by molar-refractivity contribution is -0.132. The molecule has 0 aliphatic heterocycles. The second kappa shape index (κ2) is 4.06. The van der Waals surface area contributed by atoms with Crippen molar-refractivity contribution in [3.8, 4) is 0 Å². The first-order valence-electron chi connectivity index (χ1n) is 4.60. The van der Waals surface area contributed by atoms with Gasteiger partial charge in [0.25, 0.3) is 0 Å². The fraction of sp³-hybridized carbons (Fsp3) is 0.364. The Bertz CT molecular complexity index is 401. The molecule has 3 radical (unpaired) electrons. The number of hydrogen-bond donors (Lipinski definition) is 0. The number of nitrogens with zero attached hydrogens (tertiary/aromatic N) is 1. The molecule has 0 N–H and O–H groups in total. The van der Waals surface area contributed by atoms with Crippen LogP contribution in [0.4, 0.5) is 0 Å². The van der Waals surface area contributed by atoms with Gasteiger partial charge in [0.05, 0.1) is 10.2 Å². The topological polar surface area (TPSA) is 47.0 Å². The molecule has 0 aromatic carbocycles. The summed E-state index contributed by atoms with van der Waals surface area (Å²) < 4.78 is 0. The van der Waals surface area contributed by atoms with Gasteiger partial charge in [0.2, 0.25) is 0 Å². The van der Waals surface area contributed by atoms with Crippen LogP contribution in [-0.2, 0) is 15.0 Å². The highest BCUT2D eigenvalue weighted by molar-refractivity contribution is 6.33. The Kier molecular flexibility index (Phi) is 3.19. The van der Waals surface area contributed by atoms with E-state index in [2.05, 4.69) is 15.2 Å². The van der Waals surface area contributed by atoms with E-state index in [0.29, 0.717) is 10.9 Å². The minimum absolute atomic E-state index is 0.178. The summed E-state index contributed by atoms with van der Waals surface area (Å²) in [6.45, 7) is 4.46. The lowest BCUT2D eigenvalue weighted by Gasteiger charge is -2.25. The molecule has 0 saturated heterocycles. The Morgan fingerprint density at radius 2 is 1.87 bits per heavy atom. The lowest BCUT2D eigenvalue weighted by atomic mass is 9.76. The minimum Gasteiger partial charge on any atom is -0.299 e. The number of rotatable bonds is 3. The average molecular weight is 218 g/mol. The highest BCUT2D eigenvalue weighted by atomic mass is 28.1. The zero-order chi connectivity index (χ0) is 11.6. The van der Waals surface area contributed by atoms with E-state index >= 15 is 0 Å². The zero-order valence-corrected chi connectivity index (χ0v) is 10.00. The van der Waals surface area contributed by atoms with Gasteiger partial charge in [-0.25, -0.2) is 0 Å². The van der Waals surface area contributed by atoms with Crippen molar-refractivity contribution in [2.45, 2.75) is 26.2 Å². The van der Waals surface area contributed by atoms with Crippen LogP contribution in [0.5, 0.6) is 0 Å². The van der Waals surface area contributed by atoms with Crippen LogP contribution in [0.1, 0.15) is 26.3 Å². The van der Waals surface area contributed by atoms with Crippen LogP contribution in [0.15, 0.2) is 18.3 Å². The Morgan fingerprint density at radius 3 is 2.27 bits per heavy atom. The van der Waals surface area contributed by atoms with Gasteiger partial charge in [-0.3, -0.25) is 14.6 Å². The molecule has 0 spiro atoms. The normalized spacial score (nSPS) is 11.2. The summed E-state index contributed by atoms with van der Waals surface area (Å²) in [5.74, 6) is -0.356. The summed E-state index contributed by atoms with van der Waals surface area (Å²) in [4.78, 5) is 27.2. The Morgan fingerprint density at radius 1 is 1.33 bits per heavy atom. The van der Waals surface area contributed by atoms with Gasteiger partial charge in [-0.15, -0.1) is 0 Å². The van der Waals surface area contributed by atoms with E-state index < -0.39 is 5.41 Å². The highest BCUT2D eigenvalue weighted by Crippen LogP contribution is 2.23. The molecule has 1 heterocycles. The van der Waals surface area contributed by atoms with E-state index in [1.807, 2.05) is 0 Å². The van der Waals surface area contributed by atoms with E-state index in [4.69, 9.17) is 0 Å². The van der Waals surface area contributed by atoms with Crippen molar-refractivity contribution in [2.24, 2.45) is 0 Å². The van der Waals surface area contributed by atoms with Crippen LogP contribution in [0.25, 0.3) is 0 Å². The molecule has 0 unspecified atom stereocenters. The van der Waals surface area contributed by atoms with E-state index in [-0.39, 0.29) is 11.6 Å². The second-order valence-electron chi connectivity index (χ2n) is 3.64. The van der Waals surface area contributed by atoms with E-state index in [1.165, 1.54) is 13.8 Å². The van der Waals surface area contributed by atoms with Crippen LogP contribution >= 0.6 is 0 Å². The summed E-state index contributed by atoms with van der Waals surface area (Å²) in [5.41, 5.74) is -0.493. The summed E-state index contributed by atoms with van der Waals surface area (Å²) in [6.07, 6.45) is 1.60. The molecule has 0 saturated carbocycles. The summed E-state index contributed by atoms with van der Waals surface area (Å²) in [6, 6.07) is 3.45. The van der Waals surface area contributed by atoms with Crippen molar-refractivity contribution in [1.82, 2.24) is 4.98 Å². The van der Waals surface area contributed by atoms with E-state index in [9.17, 15) is 9.59 Å². The quantitative estimate of drug-likeness (QED) is 0.542. The van der Waals surface area contributed by atoms with Crippen molar-refractivity contribution < 1.29 is 9.59 Å². The van der Waals surface area contributed by atoms with Crippen molar-refractivity contribution in [1.29, 1.82) is 0 Å². The smallest absolute Gasteiger partial charge is 0.147 e. The van der Waals surface area contributed by atoms with Crippen molar-refractivity contribution >= 4 is 27.1 Å². The van der Waals surface area contributed by atoms with Crippen LogP contribution < -0.4 is 5.32 Å². The van der Waals surface area contributed by atoms with Gasteiger partial charge >= 0.3 is 0 Å². The first-order valence-corrected chi connectivity index (χ1v) is 5.10. The maximum absolute atomic E-state index is 11.6. The molecule has 77 valence electrons. The van der Waals surface area contributed by atoms with Gasteiger partial charge in [0.15, 0.2) is 0 Å². The minimum atomic E-state index is -1.11. The van der Waals surface area contributed by atoms with Crippen molar-refractivity contribution in [3.63, 3.8) is 0 Å². The van der Waals surface area contributed by atoms with Crippen molar-refractivity contribution in [3.05, 3.63) is 23.9 Å². The average Bonchev–Trinajstić information content (AvgIpc) is 2.16. The van der Waals surface area contributed by atoms with Gasteiger partial charge in [0.1, 0.15) is 17.0 Å². The molecule has 15 heavy (non-hydrogen) atoms. The van der Waals surface area contributed by atoms with Crippen LogP contribution in [0.3, 0.4) is 0 Å². The highest BCUT2D eigenvalue weighted by Gasteiger charge is 2.38. The Labute approximate surface area is 92.3 Å². The van der Waals surface area contributed by atoms with Crippen LogP contribution in [0, 0.1) is 0 Å². The number of hydrogen-bond acceptors (Lipinski definition) is 3. The standard InChI is InChI=1S/C11H12NO2Si/c1-7(13)11(3,8(2)14)9-5-4-6-12-10(9)15/h4-6H,1-3H3. The predicted molar refractivity (Wildman–Crippen MR) is 58.3 cm³/mol. The third kappa shape index (κ3) is 1.90. The SMILES string of the molecule is CC(=O)C(C)(C(C)=O)c1cccnc1[Si]. The predicted octanol–water partition coefficient (Wildman–Crippen LogP) is 0.311.